The quantitative estimate of drug-likeness (QED) is 0.897. The first-order valence-corrected chi connectivity index (χ1v) is 7.04. The molecule has 2 rings (SSSR count). The Hall–Kier alpha value is -0.870. The second-order valence-corrected chi connectivity index (χ2v) is 5.64. The van der Waals surface area contributed by atoms with E-state index in [1.54, 1.807) is 11.3 Å². The summed E-state index contributed by atoms with van der Waals surface area (Å²) in [4.78, 5) is 14.7. The van der Waals surface area contributed by atoms with Crippen LogP contribution in [0.25, 0.3) is 0 Å². The summed E-state index contributed by atoms with van der Waals surface area (Å²) in [7, 11) is 1.94. The first-order valence-electron chi connectivity index (χ1n) is 6.16. The Morgan fingerprint density at radius 2 is 2.47 bits per heavy atom. The zero-order chi connectivity index (χ0) is 12.4. The number of aliphatic carboxylic acids is 1. The van der Waals surface area contributed by atoms with Crippen LogP contribution in [0.3, 0.4) is 0 Å². The summed E-state index contributed by atoms with van der Waals surface area (Å²) in [6, 6.07) is 2.08. The Labute approximate surface area is 106 Å². The zero-order valence-electron chi connectivity index (χ0n) is 10.3. The van der Waals surface area contributed by atoms with Crippen molar-refractivity contribution in [1.82, 2.24) is 4.90 Å². The molecule has 1 aromatic heterocycles. The van der Waals surface area contributed by atoms with Crippen molar-refractivity contribution in [2.45, 2.75) is 44.7 Å². The van der Waals surface area contributed by atoms with Crippen LogP contribution in [0, 0.1) is 0 Å². The fraction of sp³-hybridized carbons (Fsp3) is 0.615. The van der Waals surface area contributed by atoms with Gasteiger partial charge in [0.15, 0.2) is 0 Å². The number of fused-ring (bicyclic) bond motifs is 1. The summed E-state index contributed by atoms with van der Waals surface area (Å²) in [5.74, 6) is -0.711. The maximum atomic E-state index is 11.2. The van der Waals surface area contributed by atoms with Gasteiger partial charge in [0.05, 0.1) is 0 Å². The number of hydrogen-bond donors (Lipinski definition) is 1. The fourth-order valence-electron chi connectivity index (χ4n) is 2.74. The van der Waals surface area contributed by atoms with Crippen LogP contribution in [0.2, 0.25) is 0 Å². The molecule has 1 aliphatic rings. The number of rotatable bonds is 4. The van der Waals surface area contributed by atoms with Crippen LogP contribution in [0.5, 0.6) is 0 Å². The number of carboxylic acids is 1. The molecule has 2 unspecified atom stereocenters. The molecule has 2 atom stereocenters. The van der Waals surface area contributed by atoms with Gasteiger partial charge in [0.2, 0.25) is 0 Å². The number of nitrogens with zero attached hydrogens (tertiary/aromatic N) is 1. The summed E-state index contributed by atoms with van der Waals surface area (Å²) < 4.78 is 0. The predicted octanol–water partition coefficient (Wildman–Crippen LogP) is 2.92. The highest BCUT2D eigenvalue weighted by Gasteiger charge is 2.31. The van der Waals surface area contributed by atoms with Gasteiger partial charge in [-0.1, -0.05) is 6.92 Å². The average molecular weight is 253 g/mol. The molecule has 1 aliphatic carbocycles. The van der Waals surface area contributed by atoms with Crippen molar-refractivity contribution < 1.29 is 9.90 Å². The smallest absolute Gasteiger partial charge is 0.320 e. The fourth-order valence-corrected chi connectivity index (χ4v) is 3.72. The van der Waals surface area contributed by atoms with Crippen molar-refractivity contribution in [3.8, 4) is 0 Å². The molecule has 0 fully saturated rings. The summed E-state index contributed by atoms with van der Waals surface area (Å²) in [5, 5.41) is 11.4. The van der Waals surface area contributed by atoms with Gasteiger partial charge in [-0.25, -0.2) is 0 Å². The third-order valence-electron chi connectivity index (χ3n) is 3.68. The van der Waals surface area contributed by atoms with Gasteiger partial charge in [-0.2, -0.15) is 0 Å². The first-order chi connectivity index (χ1) is 8.15. The first kappa shape index (κ1) is 12.6. The van der Waals surface area contributed by atoms with E-state index in [0.717, 1.165) is 12.8 Å². The molecule has 0 saturated heterocycles. The van der Waals surface area contributed by atoms with Gasteiger partial charge in [-0.15, -0.1) is 11.3 Å². The summed E-state index contributed by atoms with van der Waals surface area (Å²) in [6.45, 7) is 1.94. The summed E-state index contributed by atoms with van der Waals surface area (Å²) >= 11 is 1.80. The number of carbonyl (C=O) groups is 1. The van der Waals surface area contributed by atoms with E-state index < -0.39 is 5.97 Å². The van der Waals surface area contributed by atoms with E-state index in [0.29, 0.717) is 6.42 Å². The lowest BCUT2D eigenvalue weighted by Crippen LogP contribution is -2.41. The van der Waals surface area contributed by atoms with Crippen molar-refractivity contribution in [3.05, 3.63) is 21.9 Å². The highest BCUT2D eigenvalue weighted by atomic mass is 32.1. The molecule has 0 spiro atoms. The van der Waals surface area contributed by atoms with Crippen LogP contribution in [0.15, 0.2) is 11.4 Å². The van der Waals surface area contributed by atoms with Gasteiger partial charge in [0.25, 0.3) is 0 Å². The highest BCUT2D eigenvalue weighted by molar-refractivity contribution is 7.10. The maximum absolute atomic E-state index is 11.2. The third kappa shape index (κ3) is 2.38. The molecule has 94 valence electrons. The van der Waals surface area contributed by atoms with Crippen LogP contribution in [0.4, 0.5) is 0 Å². The molecule has 0 bridgehead atoms. The molecular weight excluding hydrogens is 234 g/mol. The lowest BCUT2D eigenvalue weighted by atomic mass is 9.92. The van der Waals surface area contributed by atoms with Crippen LogP contribution < -0.4 is 0 Å². The Morgan fingerprint density at radius 1 is 1.71 bits per heavy atom. The van der Waals surface area contributed by atoms with E-state index in [-0.39, 0.29) is 12.1 Å². The Bertz CT molecular complexity index is 402. The average Bonchev–Trinajstić information content (AvgIpc) is 2.76. The standard InChI is InChI=1S/C13H19NO2S/c1-3-10(13(15)16)14(2)11-5-4-6-12-9(11)7-8-17-12/h7-8,10-11H,3-6H2,1-2H3,(H,15,16). The van der Waals surface area contributed by atoms with Gasteiger partial charge < -0.3 is 5.11 Å². The van der Waals surface area contributed by atoms with Crippen LogP contribution >= 0.6 is 11.3 Å². The largest absolute Gasteiger partial charge is 0.480 e. The van der Waals surface area contributed by atoms with Gasteiger partial charge >= 0.3 is 5.97 Å². The second kappa shape index (κ2) is 5.19. The van der Waals surface area contributed by atoms with E-state index >= 15 is 0 Å². The number of thiophene rings is 1. The Balaban J connectivity index is 2.21. The normalized spacial score (nSPS) is 21.2. The molecule has 3 nitrogen and oxygen atoms in total. The molecule has 0 aromatic carbocycles. The molecule has 1 aromatic rings. The molecule has 0 amide bonds. The SMILES string of the molecule is CCC(C(=O)O)N(C)C1CCCc2sccc21. The molecule has 4 heteroatoms. The minimum atomic E-state index is -0.711. The van der Waals surface area contributed by atoms with E-state index in [1.807, 2.05) is 18.9 Å². The minimum absolute atomic E-state index is 0.283. The van der Waals surface area contributed by atoms with Crippen LogP contribution in [-0.4, -0.2) is 29.1 Å². The number of hydrogen-bond acceptors (Lipinski definition) is 3. The highest BCUT2D eigenvalue weighted by Crippen LogP contribution is 2.37. The number of aryl methyl sites for hydroxylation is 1. The second-order valence-electron chi connectivity index (χ2n) is 4.63. The molecule has 0 saturated carbocycles. The molecule has 0 aliphatic heterocycles. The molecule has 1 N–H and O–H groups in total. The van der Waals surface area contributed by atoms with Crippen LogP contribution in [-0.2, 0) is 11.2 Å². The predicted molar refractivity (Wildman–Crippen MR) is 69.5 cm³/mol. The molecule has 0 radical (unpaired) electrons. The van der Waals surface area contributed by atoms with Crippen molar-refractivity contribution in [2.75, 3.05) is 7.05 Å². The van der Waals surface area contributed by atoms with E-state index in [1.165, 1.54) is 16.9 Å². The molecule has 17 heavy (non-hydrogen) atoms. The van der Waals surface area contributed by atoms with Crippen molar-refractivity contribution >= 4 is 17.3 Å². The minimum Gasteiger partial charge on any atom is -0.480 e. The summed E-state index contributed by atoms with van der Waals surface area (Å²) in [5.41, 5.74) is 1.35. The molecule has 1 heterocycles. The van der Waals surface area contributed by atoms with E-state index in [4.69, 9.17) is 0 Å². The van der Waals surface area contributed by atoms with Gasteiger partial charge in [0.1, 0.15) is 6.04 Å². The Kier molecular flexibility index (Phi) is 3.84. The molecular formula is C13H19NO2S. The maximum Gasteiger partial charge on any atom is 0.320 e. The topological polar surface area (TPSA) is 40.5 Å². The summed E-state index contributed by atoms with van der Waals surface area (Å²) in [6.07, 6.45) is 4.05. The van der Waals surface area contributed by atoms with Crippen molar-refractivity contribution in [1.29, 1.82) is 0 Å². The number of likely N-dealkylation sites (N-methyl/N-ethyl adjacent to an activating group) is 1. The lowest BCUT2D eigenvalue weighted by molar-refractivity contribution is -0.144. The lowest BCUT2D eigenvalue weighted by Gasteiger charge is -2.35. The van der Waals surface area contributed by atoms with E-state index in [2.05, 4.69) is 11.4 Å². The monoisotopic (exact) mass is 253 g/mol. The third-order valence-corrected chi connectivity index (χ3v) is 4.67. The van der Waals surface area contributed by atoms with Crippen molar-refractivity contribution in [2.24, 2.45) is 0 Å². The van der Waals surface area contributed by atoms with Gasteiger partial charge in [-0.3, -0.25) is 9.69 Å². The van der Waals surface area contributed by atoms with E-state index in [9.17, 15) is 9.90 Å². The number of carboxylic acid groups (broad SMARTS) is 1. The van der Waals surface area contributed by atoms with Crippen LogP contribution in [0.1, 0.15) is 42.7 Å². The zero-order valence-corrected chi connectivity index (χ0v) is 11.2. The van der Waals surface area contributed by atoms with Crippen molar-refractivity contribution in [3.63, 3.8) is 0 Å². The Morgan fingerprint density at radius 3 is 3.12 bits per heavy atom. The van der Waals surface area contributed by atoms with Gasteiger partial charge in [0, 0.05) is 10.9 Å². The van der Waals surface area contributed by atoms with Gasteiger partial charge in [-0.05, 0) is 49.7 Å².